The molecule has 3 aromatic rings. The van der Waals surface area contributed by atoms with Crippen molar-refractivity contribution < 1.29 is 0 Å². The Bertz CT molecular complexity index is 782. The second-order valence-corrected chi connectivity index (χ2v) is 6.38. The van der Waals surface area contributed by atoms with Gasteiger partial charge in [-0.25, -0.2) is 15.0 Å². The van der Waals surface area contributed by atoms with Gasteiger partial charge in [0, 0.05) is 44.3 Å². The van der Waals surface area contributed by atoms with Gasteiger partial charge >= 0.3 is 0 Å². The van der Waals surface area contributed by atoms with Crippen molar-refractivity contribution in [3.05, 3.63) is 24.1 Å². The van der Waals surface area contributed by atoms with Gasteiger partial charge in [-0.05, 0) is 6.92 Å². The molecule has 1 aliphatic rings. The summed E-state index contributed by atoms with van der Waals surface area (Å²) in [6, 6.07) is 0.390. The van der Waals surface area contributed by atoms with Crippen LogP contribution in [-0.4, -0.2) is 50.4 Å². The van der Waals surface area contributed by atoms with E-state index in [-0.39, 0.29) is 0 Å². The lowest BCUT2D eigenvalue weighted by Gasteiger charge is -2.40. The van der Waals surface area contributed by atoms with Crippen LogP contribution in [0.5, 0.6) is 0 Å². The maximum Gasteiger partial charge on any atom is 0.185 e. The molecule has 22 heavy (non-hydrogen) atoms. The summed E-state index contributed by atoms with van der Waals surface area (Å²) in [6.07, 6.45) is 5.34. The minimum absolute atomic E-state index is 0.390. The Morgan fingerprint density at radius 2 is 2.14 bits per heavy atom. The first-order valence-corrected chi connectivity index (χ1v) is 8.16. The van der Waals surface area contributed by atoms with Crippen molar-refractivity contribution >= 4 is 33.3 Å². The minimum atomic E-state index is 0.390. The molecule has 0 unspecified atom stereocenters. The average Bonchev–Trinajstić information content (AvgIpc) is 3.17. The highest BCUT2D eigenvalue weighted by molar-refractivity contribution is 7.13. The summed E-state index contributed by atoms with van der Waals surface area (Å²) in [5.74, 6) is 0.976. The zero-order chi connectivity index (χ0) is 15.1. The topological polar surface area (TPSA) is 63.0 Å². The van der Waals surface area contributed by atoms with E-state index in [4.69, 9.17) is 0 Å². The molecule has 0 aromatic carbocycles. The maximum atomic E-state index is 4.50. The van der Waals surface area contributed by atoms with E-state index in [1.807, 2.05) is 24.8 Å². The lowest BCUT2D eigenvalue weighted by Crippen LogP contribution is -2.52. The molecule has 8 heteroatoms. The highest BCUT2D eigenvalue weighted by Crippen LogP contribution is 2.27. The number of anilines is 2. The van der Waals surface area contributed by atoms with Crippen LogP contribution in [-0.2, 0) is 7.05 Å². The molecule has 1 atom stereocenters. The molecule has 0 spiro atoms. The Hall–Kier alpha value is -2.22. The quantitative estimate of drug-likeness (QED) is 0.715. The number of hydrogen-bond acceptors (Lipinski definition) is 7. The number of nitrogens with zero attached hydrogens (tertiary/aromatic N) is 7. The summed E-state index contributed by atoms with van der Waals surface area (Å²) in [5.41, 5.74) is 0.875. The van der Waals surface area contributed by atoms with E-state index in [1.165, 1.54) is 0 Å². The van der Waals surface area contributed by atoms with Gasteiger partial charge < -0.3 is 9.80 Å². The van der Waals surface area contributed by atoms with Gasteiger partial charge in [-0.15, -0.1) is 11.3 Å². The fourth-order valence-electron chi connectivity index (χ4n) is 2.99. The molecule has 4 heterocycles. The van der Waals surface area contributed by atoms with Crippen molar-refractivity contribution in [2.45, 2.75) is 13.0 Å². The predicted molar refractivity (Wildman–Crippen MR) is 87.4 cm³/mol. The van der Waals surface area contributed by atoms with Gasteiger partial charge in [-0.1, -0.05) is 0 Å². The first-order chi connectivity index (χ1) is 10.7. The molecule has 7 nitrogen and oxygen atoms in total. The van der Waals surface area contributed by atoms with Crippen molar-refractivity contribution in [1.82, 2.24) is 24.7 Å². The Balaban J connectivity index is 1.62. The molecule has 0 amide bonds. The fraction of sp³-hybridized carbons (Fsp3) is 0.429. The molecule has 1 saturated heterocycles. The SMILES string of the molecule is C[C@@H]1CN(c2ncnc3c2cnn3C)CCN1c1nccs1. The van der Waals surface area contributed by atoms with Crippen molar-refractivity contribution in [3.63, 3.8) is 0 Å². The zero-order valence-electron chi connectivity index (χ0n) is 12.5. The number of rotatable bonds is 2. The van der Waals surface area contributed by atoms with Gasteiger partial charge in [-0.3, -0.25) is 4.68 Å². The fourth-order valence-corrected chi connectivity index (χ4v) is 3.77. The van der Waals surface area contributed by atoms with Gasteiger partial charge in [0.2, 0.25) is 0 Å². The number of hydrogen-bond donors (Lipinski definition) is 0. The van der Waals surface area contributed by atoms with Crippen LogP contribution >= 0.6 is 11.3 Å². The lowest BCUT2D eigenvalue weighted by molar-refractivity contribution is 0.547. The number of piperazine rings is 1. The first-order valence-electron chi connectivity index (χ1n) is 7.28. The number of aromatic nitrogens is 5. The molecule has 0 aliphatic carbocycles. The van der Waals surface area contributed by atoms with Gasteiger partial charge in [-0.2, -0.15) is 5.10 Å². The average molecular weight is 315 g/mol. The normalized spacial score (nSPS) is 19.1. The molecular weight excluding hydrogens is 298 g/mol. The summed E-state index contributed by atoms with van der Waals surface area (Å²) in [7, 11) is 1.90. The van der Waals surface area contributed by atoms with Crippen LogP contribution in [0.3, 0.4) is 0 Å². The molecule has 1 fully saturated rings. The van der Waals surface area contributed by atoms with E-state index in [9.17, 15) is 0 Å². The molecular formula is C14H17N7S. The van der Waals surface area contributed by atoms with E-state index in [1.54, 1.807) is 22.3 Å². The number of thiazole rings is 1. The Kier molecular flexibility index (Phi) is 3.18. The van der Waals surface area contributed by atoms with Crippen molar-refractivity contribution in [2.24, 2.45) is 7.05 Å². The van der Waals surface area contributed by atoms with E-state index in [0.717, 1.165) is 41.6 Å². The molecule has 114 valence electrons. The standard InChI is InChI=1S/C14H17N7S/c1-10-8-20(4-5-21(10)14-15-3-6-22-14)13-11-7-18-19(2)12(11)16-9-17-13/h3,6-7,9-10H,4-5,8H2,1-2H3/t10-/m1/s1. The van der Waals surface area contributed by atoms with Crippen molar-refractivity contribution in [3.8, 4) is 0 Å². The third kappa shape index (κ3) is 2.10. The summed E-state index contributed by atoms with van der Waals surface area (Å²) in [4.78, 5) is 17.9. The zero-order valence-corrected chi connectivity index (χ0v) is 13.4. The molecule has 0 bridgehead atoms. The van der Waals surface area contributed by atoms with Crippen LogP contribution in [0.2, 0.25) is 0 Å². The van der Waals surface area contributed by atoms with Gasteiger partial charge in [0.25, 0.3) is 0 Å². The molecule has 0 radical (unpaired) electrons. The Morgan fingerprint density at radius 1 is 1.23 bits per heavy atom. The molecule has 3 aromatic heterocycles. The second-order valence-electron chi connectivity index (χ2n) is 5.51. The lowest BCUT2D eigenvalue weighted by atomic mass is 10.2. The van der Waals surface area contributed by atoms with Gasteiger partial charge in [0.05, 0.1) is 11.6 Å². The maximum absolute atomic E-state index is 4.50. The summed E-state index contributed by atoms with van der Waals surface area (Å²) in [5, 5.41) is 8.43. The largest absolute Gasteiger partial charge is 0.352 e. The van der Waals surface area contributed by atoms with E-state index in [0.29, 0.717) is 6.04 Å². The van der Waals surface area contributed by atoms with E-state index >= 15 is 0 Å². The summed E-state index contributed by atoms with van der Waals surface area (Å²) < 4.78 is 1.79. The number of fused-ring (bicyclic) bond motifs is 1. The molecule has 4 rings (SSSR count). The third-order valence-electron chi connectivity index (χ3n) is 4.10. The van der Waals surface area contributed by atoms with Crippen LogP contribution < -0.4 is 9.80 Å². The second kappa shape index (κ2) is 5.20. The highest BCUT2D eigenvalue weighted by atomic mass is 32.1. The van der Waals surface area contributed by atoms with Gasteiger partial charge in [0.1, 0.15) is 12.1 Å². The summed E-state index contributed by atoms with van der Waals surface area (Å²) in [6.45, 7) is 5.02. The predicted octanol–water partition coefficient (Wildman–Crippen LogP) is 1.53. The van der Waals surface area contributed by atoms with Crippen LogP contribution in [0.15, 0.2) is 24.1 Å². The van der Waals surface area contributed by atoms with Crippen LogP contribution in [0.1, 0.15) is 6.92 Å². The van der Waals surface area contributed by atoms with Crippen molar-refractivity contribution in [1.29, 1.82) is 0 Å². The molecule has 0 N–H and O–H groups in total. The van der Waals surface area contributed by atoms with E-state index < -0.39 is 0 Å². The van der Waals surface area contributed by atoms with E-state index in [2.05, 4.69) is 36.8 Å². The molecule has 1 aliphatic heterocycles. The Morgan fingerprint density at radius 3 is 2.91 bits per heavy atom. The van der Waals surface area contributed by atoms with Crippen LogP contribution in [0, 0.1) is 0 Å². The van der Waals surface area contributed by atoms with Gasteiger partial charge in [0.15, 0.2) is 10.8 Å². The van der Waals surface area contributed by atoms with Crippen LogP contribution in [0.25, 0.3) is 11.0 Å². The monoisotopic (exact) mass is 315 g/mol. The van der Waals surface area contributed by atoms with Crippen molar-refractivity contribution in [2.75, 3.05) is 29.4 Å². The third-order valence-corrected chi connectivity index (χ3v) is 4.91. The first kappa shape index (κ1) is 13.4. The molecule has 0 saturated carbocycles. The summed E-state index contributed by atoms with van der Waals surface area (Å²) >= 11 is 1.69. The highest BCUT2D eigenvalue weighted by Gasteiger charge is 2.27. The Labute approximate surface area is 132 Å². The van der Waals surface area contributed by atoms with Crippen LogP contribution in [0.4, 0.5) is 10.9 Å². The number of aryl methyl sites for hydroxylation is 1. The smallest absolute Gasteiger partial charge is 0.185 e. The minimum Gasteiger partial charge on any atom is -0.352 e.